The summed E-state index contributed by atoms with van der Waals surface area (Å²) in [4.78, 5) is 10.7. The molecule has 0 amide bonds. The van der Waals surface area contributed by atoms with Crippen molar-refractivity contribution in [3.63, 3.8) is 0 Å². The van der Waals surface area contributed by atoms with E-state index in [0.29, 0.717) is 16.9 Å². The van der Waals surface area contributed by atoms with Gasteiger partial charge in [-0.1, -0.05) is 16.4 Å². The van der Waals surface area contributed by atoms with E-state index in [2.05, 4.69) is 10.3 Å². The third-order valence-corrected chi connectivity index (χ3v) is 2.37. The van der Waals surface area contributed by atoms with E-state index < -0.39 is 5.97 Å². The first-order valence-electron chi connectivity index (χ1n) is 4.79. The zero-order chi connectivity index (χ0) is 11.8. The minimum Gasteiger partial charge on any atom is -0.476 e. The van der Waals surface area contributed by atoms with Crippen LogP contribution in [-0.4, -0.2) is 21.4 Å². The molecule has 17 heavy (non-hydrogen) atoms. The average molecular weight is 230 g/mol. The van der Waals surface area contributed by atoms with Crippen molar-refractivity contribution in [3.05, 3.63) is 36.2 Å². The Morgan fingerprint density at radius 1 is 1.24 bits per heavy atom. The second-order valence-corrected chi connectivity index (χ2v) is 3.46. The van der Waals surface area contributed by atoms with Gasteiger partial charge in [0.25, 0.3) is 0 Å². The molecule has 6 nitrogen and oxygen atoms in total. The lowest BCUT2D eigenvalue weighted by Crippen LogP contribution is -1.94. The van der Waals surface area contributed by atoms with Crippen LogP contribution in [0.15, 0.2) is 39.5 Å². The Morgan fingerprint density at radius 3 is 2.88 bits per heavy atom. The van der Waals surface area contributed by atoms with Gasteiger partial charge in [-0.3, -0.25) is 0 Å². The van der Waals surface area contributed by atoms with Gasteiger partial charge in [-0.05, 0) is 12.1 Å². The van der Waals surface area contributed by atoms with Crippen LogP contribution >= 0.6 is 0 Å². The van der Waals surface area contributed by atoms with Crippen molar-refractivity contribution in [3.8, 4) is 11.3 Å². The normalized spacial score (nSPS) is 10.8. The number of carbonyl (C=O) groups is 1. The molecule has 0 aliphatic carbocycles. The minimum atomic E-state index is -1.12. The molecule has 2 aromatic heterocycles. The predicted octanol–water partition coefficient (Wildman–Crippen LogP) is 2.18. The summed E-state index contributed by atoms with van der Waals surface area (Å²) in [5.74, 6) is -0.749. The van der Waals surface area contributed by atoms with Gasteiger partial charge in [0.15, 0.2) is 17.0 Å². The Bertz CT molecular complexity index is 698. The number of nitrogens with zero attached hydrogens (tertiary/aromatic N) is 2. The molecule has 0 saturated carbocycles. The van der Waals surface area contributed by atoms with E-state index in [9.17, 15) is 4.79 Å². The van der Waals surface area contributed by atoms with E-state index in [1.807, 2.05) is 6.07 Å². The van der Waals surface area contributed by atoms with Crippen molar-refractivity contribution in [2.24, 2.45) is 0 Å². The summed E-state index contributed by atoms with van der Waals surface area (Å²) in [5, 5.41) is 16.7. The first kappa shape index (κ1) is 9.59. The number of aromatic carboxylic acids is 1. The van der Waals surface area contributed by atoms with Crippen LogP contribution in [0.5, 0.6) is 0 Å². The molecule has 3 rings (SSSR count). The highest BCUT2D eigenvalue weighted by atomic mass is 16.5. The van der Waals surface area contributed by atoms with E-state index in [0.717, 1.165) is 5.39 Å². The molecule has 0 unspecified atom stereocenters. The fraction of sp³-hybridized carbons (Fsp3) is 0. The maximum atomic E-state index is 10.7. The molecule has 0 atom stereocenters. The van der Waals surface area contributed by atoms with E-state index in [-0.39, 0.29) is 5.69 Å². The second-order valence-electron chi connectivity index (χ2n) is 3.46. The summed E-state index contributed by atoms with van der Waals surface area (Å²) in [6.45, 7) is 0. The monoisotopic (exact) mass is 230 g/mol. The summed E-state index contributed by atoms with van der Waals surface area (Å²) in [5.41, 5.74) is 1.17. The maximum Gasteiger partial charge on any atom is 0.358 e. The maximum absolute atomic E-state index is 10.7. The molecule has 0 spiro atoms. The second kappa shape index (κ2) is 3.44. The van der Waals surface area contributed by atoms with Crippen molar-refractivity contribution in [1.82, 2.24) is 10.3 Å². The minimum absolute atomic E-state index is 0.127. The number of hydrogen-bond donors (Lipinski definition) is 1. The number of benzene rings is 1. The van der Waals surface area contributed by atoms with E-state index in [1.54, 1.807) is 18.3 Å². The molecule has 6 heteroatoms. The quantitative estimate of drug-likeness (QED) is 0.725. The molecule has 3 aromatic rings. The highest BCUT2D eigenvalue weighted by Crippen LogP contribution is 2.24. The van der Waals surface area contributed by atoms with E-state index in [4.69, 9.17) is 14.2 Å². The molecule has 84 valence electrons. The third-order valence-electron chi connectivity index (χ3n) is 2.37. The lowest BCUT2D eigenvalue weighted by molar-refractivity contribution is 0.0686. The molecule has 1 aromatic carbocycles. The number of hydrogen-bond acceptors (Lipinski definition) is 5. The lowest BCUT2D eigenvalue weighted by Gasteiger charge is -1.93. The van der Waals surface area contributed by atoms with Gasteiger partial charge in [0.05, 0.1) is 6.20 Å². The fourth-order valence-electron chi connectivity index (χ4n) is 1.53. The van der Waals surface area contributed by atoms with Crippen molar-refractivity contribution in [1.29, 1.82) is 0 Å². The Morgan fingerprint density at radius 2 is 2.12 bits per heavy atom. The van der Waals surface area contributed by atoms with Crippen LogP contribution in [0.3, 0.4) is 0 Å². The topological polar surface area (TPSA) is 89.4 Å². The van der Waals surface area contributed by atoms with Gasteiger partial charge >= 0.3 is 5.97 Å². The first-order valence-corrected chi connectivity index (χ1v) is 4.79. The Balaban J connectivity index is 2.09. The van der Waals surface area contributed by atoms with Crippen molar-refractivity contribution in [2.75, 3.05) is 0 Å². The highest BCUT2D eigenvalue weighted by Gasteiger charge is 2.12. The number of carboxylic acids is 1. The lowest BCUT2D eigenvalue weighted by atomic mass is 10.1. The number of fused-ring (bicyclic) bond motifs is 1. The van der Waals surface area contributed by atoms with Crippen LogP contribution in [0.25, 0.3) is 22.3 Å². The molecule has 0 fully saturated rings. The first-order chi connectivity index (χ1) is 8.24. The fourth-order valence-corrected chi connectivity index (χ4v) is 1.53. The highest BCUT2D eigenvalue weighted by molar-refractivity contribution is 5.87. The summed E-state index contributed by atoms with van der Waals surface area (Å²) in [6.07, 6.45) is 1.60. The molecule has 0 radical (unpaired) electrons. The SMILES string of the molecule is O=C(O)c1cc(-c2ccc3cnoc3c2)on1. The van der Waals surface area contributed by atoms with Crippen LogP contribution in [-0.2, 0) is 0 Å². The van der Waals surface area contributed by atoms with Gasteiger partial charge in [0.1, 0.15) is 0 Å². The standard InChI is InChI=1S/C11H6N2O4/c14-11(15)8-4-10(17-13-8)6-1-2-7-5-12-16-9(7)3-6/h1-5H,(H,14,15). The van der Waals surface area contributed by atoms with Crippen LogP contribution in [0, 0.1) is 0 Å². The summed E-state index contributed by atoms with van der Waals surface area (Å²) in [6, 6.07) is 6.67. The van der Waals surface area contributed by atoms with Gasteiger partial charge in [-0.15, -0.1) is 0 Å². The van der Waals surface area contributed by atoms with Gasteiger partial charge < -0.3 is 14.2 Å². The van der Waals surface area contributed by atoms with Gasteiger partial charge in [-0.2, -0.15) is 0 Å². The van der Waals surface area contributed by atoms with E-state index >= 15 is 0 Å². The van der Waals surface area contributed by atoms with Crippen molar-refractivity contribution >= 4 is 16.9 Å². The number of rotatable bonds is 2. The molecule has 1 N–H and O–H groups in total. The molecular weight excluding hydrogens is 224 g/mol. The van der Waals surface area contributed by atoms with Crippen molar-refractivity contribution < 1.29 is 18.9 Å². The summed E-state index contributed by atoms with van der Waals surface area (Å²) >= 11 is 0. The smallest absolute Gasteiger partial charge is 0.358 e. The zero-order valence-electron chi connectivity index (χ0n) is 8.45. The van der Waals surface area contributed by atoms with Crippen LogP contribution in [0.4, 0.5) is 0 Å². The Hall–Kier alpha value is -2.63. The molecule has 0 saturated heterocycles. The van der Waals surface area contributed by atoms with Crippen LogP contribution in [0.1, 0.15) is 10.5 Å². The molecule has 2 heterocycles. The Labute approximate surface area is 94.4 Å². The van der Waals surface area contributed by atoms with Crippen LogP contribution in [0.2, 0.25) is 0 Å². The molecular formula is C11H6N2O4. The number of aromatic nitrogens is 2. The summed E-state index contributed by atoms with van der Waals surface area (Å²) in [7, 11) is 0. The Kier molecular flexibility index (Phi) is 1.94. The summed E-state index contributed by atoms with van der Waals surface area (Å²) < 4.78 is 9.95. The van der Waals surface area contributed by atoms with Gasteiger partial charge in [0, 0.05) is 17.0 Å². The molecule has 0 aliphatic rings. The third kappa shape index (κ3) is 1.55. The number of carboxylic acid groups (broad SMARTS) is 1. The predicted molar refractivity (Wildman–Crippen MR) is 56.5 cm³/mol. The van der Waals surface area contributed by atoms with E-state index in [1.165, 1.54) is 6.07 Å². The zero-order valence-corrected chi connectivity index (χ0v) is 8.45. The molecule has 0 bridgehead atoms. The van der Waals surface area contributed by atoms with Crippen LogP contribution < -0.4 is 0 Å². The molecule has 0 aliphatic heterocycles. The average Bonchev–Trinajstić information content (AvgIpc) is 2.97. The van der Waals surface area contributed by atoms with Gasteiger partial charge in [0.2, 0.25) is 0 Å². The van der Waals surface area contributed by atoms with Crippen molar-refractivity contribution in [2.45, 2.75) is 0 Å². The largest absolute Gasteiger partial charge is 0.476 e. The van der Waals surface area contributed by atoms with Gasteiger partial charge in [-0.25, -0.2) is 4.79 Å².